The average molecular weight is 526 g/mol. The first-order valence-electron chi connectivity index (χ1n) is 11.8. The van der Waals surface area contributed by atoms with Crippen LogP contribution in [0.25, 0.3) is 16.9 Å². The lowest BCUT2D eigenvalue weighted by molar-refractivity contribution is 0.302. The fourth-order valence-corrected chi connectivity index (χ4v) is 5.68. The summed E-state index contributed by atoms with van der Waals surface area (Å²) in [6.07, 6.45) is 2.93. The van der Waals surface area contributed by atoms with Gasteiger partial charge in [-0.2, -0.15) is 8.42 Å². The average Bonchev–Trinajstić information content (AvgIpc) is 3.08. The van der Waals surface area contributed by atoms with Crippen LogP contribution in [0, 0.1) is 12.3 Å². The van der Waals surface area contributed by atoms with Crippen LogP contribution in [0.2, 0.25) is 5.02 Å². The quantitative estimate of drug-likeness (QED) is 0.255. The maximum atomic E-state index is 12.8. The molecule has 0 saturated carbocycles. The van der Waals surface area contributed by atoms with E-state index in [4.69, 9.17) is 20.8 Å². The third-order valence-corrected chi connectivity index (χ3v) is 7.14. The van der Waals surface area contributed by atoms with Crippen molar-refractivity contribution in [2.75, 3.05) is 5.32 Å². The summed E-state index contributed by atoms with van der Waals surface area (Å²) in [5.41, 5.74) is 3.27. The van der Waals surface area contributed by atoms with Crippen LogP contribution in [-0.4, -0.2) is 23.3 Å². The Kier molecular flexibility index (Phi) is 6.84. The van der Waals surface area contributed by atoms with Gasteiger partial charge in [0.1, 0.15) is 27.8 Å². The van der Waals surface area contributed by atoms with Gasteiger partial charge in [-0.25, -0.2) is 4.98 Å². The van der Waals surface area contributed by atoms with Crippen LogP contribution in [-0.2, 0) is 10.1 Å². The lowest BCUT2D eigenvalue weighted by Gasteiger charge is -2.34. The Balaban J connectivity index is 1.75. The maximum Gasteiger partial charge on any atom is 0.339 e. The molecule has 0 aliphatic heterocycles. The van der Waals surface area contributed by atoms with Crippen molar-refractivity contribution in [3.05, 3.63) is 77.4 Å². The molecule has 6 nitrogen and oxygen atoms in total. The minimum atomic E-state index is -4.02. The van der Waals surface area contributed by atoms with E-state index in [1.807, 2.05) is 35.7 Å². The molecule has 0 bridgehead atoms. The topological polar surface area (TPSA) is 72.7 Å². The zero-order chi connectivity index (χ0) is 26.3. The highest BCUT2D eigenvalue weighted by Crippen LogP contribution is 2.36. The van der Waals surface area contributed by atoms with Crippen LogP contribution in [0.5, 0.6) is 5.75 Å². The lowest BCUT2D eigenvalue weighted by atomic mass is 9.82. The predicted octanol–water partition coefficient (Wildman–Crippen LogP) is 7.36. The number of hydrogen-bond donors (Lipinski definition) is 1. The first-order chi connectivity index (χ1) is 16.7. The van der Waals surface area contributed by atoms with Crippen LogP contribution < -0.4 is 9.50 Å². The molecular formula is C28H32ClN3O3S. The molecule has 0 atom stereocenters. The number of fused-ring (bicyclic) bond motifs is 1. The van der Waals surface area contributed by atoms with Gasteiger partial charge in [-0.3, -0.25) is 4.40 Å². The Hall–Kier alpha value is -3.03. The molecule has 0 fully saturated rings. The monoisotopic (exact) mass is 525 g/mol. The van der Waals surface area contributed by atoms with Crippen molar-refractivity contribution in [1.29, 1.82) is 0 Å². The summed E-state index contributed by atoms with van der Waals surface area (Å²) in [6, 6.07) is 16.9. The Morgan fingerprint density at radius 1 is 1.00 bits per heavy atom. The van der Waals surface area contributed by atoms with E-state index in [-0.39, 0.29) is 21.6 Å². The molecule has 0 radical (unpaired) electrons. The second-order valence-corrected chi connectivity index (χ2v) is 13.0. The van der Waals surface area contributed by atoms with E-state index in [0.29, 0.717) is 5.02 Å². The summed E-state index contributed by atoms with van der Waals surface area (Å²) in [5, 5.41) is 4.16. The standard InChI is InChI=1S/C28H32ClN3O3S/c1-19-14-15-32-24(16-19)30-25(26(32)31-28(5,6)18-27(2,3)4)20-8-7-9-22(17-20)35-36(33,34)23-12-10-21(29)11-13-23/h7-17,31H,18H2,1-6H3. The second-order valence-electron chi connectivity index (χ2n) is 11.0. The van der Waals surface area contributed by atoms with E-state index in [2.05, 4.69) is 39.9 Å². The van der Waals surface area contributed by atoms with Crippen LogP contribution in [0.4, 0.5) is 5.82 Å². The lowest BCUT2D eigenvalue weighted by Crippen LogP contribution is -2.36. The molecule has 36 heavy (non-hydrogen) atoms. The molecule has 2 heterocycles. The SMILES string of the molecule is Cc1ccn2c(NC(C)(C)CC(C)(C)C)c(-c3cccc(OS(=O)(=O)c4ccc(Cl)cc4)c3)nc2c1. The molecule has 0 aliphatic carbocycles. The van der Waals surface area contributed by atoms with Crippen LogP contribution in [0.3, 0.4) is 0 Å². The summed E-state index contributed by atoms with van der Waals surface area (Å²) in [6.45, 7) is 13.0. The summed E-state index contributed by atoms with van der Waals surface area (Å²) in [4.78, 5) is 4.94. The molecule has 0 unspecified atom stereocenters. The van der Waals surface area contributed by atoms with E-state index in [1.165, 1.54) is 24.3 Å². The largest absolute Gasteiger partial charge is 0.379 e. The maximum absolute atomic E-state index is 12.8. The van der Waals surface area contributed by atoms with Crippen molar-refractivity contribution >= 4 is 33.2 Å². The third-order valence-electron chi connectivity index (χ3n) is 5.63. The summed E-state index contributed by atoms with van der Waals surface area (Å²) in [7, 11) is -4.02. The van der Waals surface area contributed by atoms with E-state index in [0.717, 1.165) is 34.7 Å². The van der Waals surface area contributed by atoms with Gasteiger partial charge < -0.3 is 9.50 Å². The van der Waals surface area contributed by atoms with E-state index in [9.17, 15) is 8.42 Å². The van der Waals surface area contributed by atoms with Crippen molar-refractivity contribution < 1.29 is 12.6 Å². The number of hydrogen-bond acceptors (Lipinski definition) is 5. The molecular weight excluding hydrogens is 494 g/mol. The van der Waals surface area contributed by atoms with Gasteiger partial charge >= 0.3 is 10.1 Å². The number of nitrogens with one attached hydrogen (secondary N) is 1. The minimum absolute atomic E-state index is 0.0341. The van der Waals surface area contributed by atoms with Crippen LogP contribution in [0.15, 0.2) is 71.8 Å². The Morgan fingerprint density at radius 3 is 2.36 bits per heavy atom. The molecule has 0 saturated heterocycles. The zero-order valence-electron chi connectivity index (χ0n) is 21.5. The van der Waals surface area contributed by atoms with Crippen molar-refractivity contribution in [2.45, 2.75) is 58.4 Å². The molecule has 4 aromatic rings. The summed E-state index contributed by atoms with van der Waals surface area (Å²) in [5.74, 6) is 1.05. The number of halogens is 1. The van der Waals surface area contributed by atoms with Crippen molar-refractivity contribution in [3.63, 3.8) is 0 Å². The Labute approximate surface area is 218 Å². The molecule has 1 N–H and O–H groups in total. The first kappa shape index (κ1) is 26.0. The second kappa shape index (κ2) is 9.45. The van der Waals surface area contributed by atoms with Gasteiger partial charge in [-0.15, -0.1) is 0 Å². The molecule has 2 aromatic heterocycles. The van der Waals surface area contributed by atoms with Gasteiger partial charge in [0.05, 0.1) is 0 Å². The number of aryl methyl sites for hydroxylation is 1. The first-order valence-corrected chi connectivity index (χ1v) is 13.6. The number of anilines is 1. The number of benzene rings is 2. The number of rotatable bonds is 7. The summed E-state index contributed by atoms with van der Waals surface area (Å²) >= 11 is 5.90. The number of pyridine rings is 1. The van der Waals surface area contributed by atoms with Gasteiger partial charge in [0, 0.05) is 22.3 Å². The molecule has 8 heteroatoms. The Bertz CT molecular complexity index is 1500. The van der Waals surface area contributed by atoms with Crippen LogP contribution >= 0.6 is 11.6 Å². The highest BCUT2D eigenvalue weighted by molar-refractivity contribution is 7.87. The smallest absolute Gasteiger partial charge is 0.339 e. The number of nitrogens with zero attached hydrogens (tertiary/aromatic N) is 2. The van der Waals surface area contributed by atoms with Crippen molar-refractivity contribution in [3.8, 4) is 17.0 Å². The van der Waals surface area contributed by atoms with Gasteiger partial charge in [-0.05, 0) is 86.7 Å². The molecule has 190 valence electrons. The van der Waals surface area contributed by atoms with Gasteiger partial charge in [0.25, 0.3) is 0 Å². The molecule has 4 rings (SSSR count). The van der Waals surface area contributed by atoms with Gasteiger partial charge in [0.15, 0.2) is 0 Å². The van der Waals surface area contributed by atoms with Crippen molar-refractivity contribution in [1.82, 2.24) is 9.38 Å². The third kappa shape index (κ3) is 6.02. The molecule has 2 aromatic carbocycles. The van der Waals surface area contributed by atoms with Crippen LogP contribution in [0.1, 0.15) is 46.6 Å². The van der Waals surface area contributed by atoms with Gasteiger partial charge in [0.2, 0.25) is 0 Å². The highest BCUT2D eigenvalue weighted by atomic mass is 35.5. The normalized spacial score (nSPS) is 12.6. The van der Waals surface area contributed by atoms with Crippen molar-refractivity contribution in [2.24, 2.45) is 5.41 Å². The number of aromatic nitrogens is 2. The zero-order valence-corrected chi connectivity index (χ0v) is 23.0. The molecule has 0 amide bonds. The molecule has 0 aliphatic rings. The fraction of sp³-hybridized carbons (Fsp3) is 0.321. The van der Waals surface area contributed by atoms with E-state index >= 15 is 0 Å². The Morgan fingerprint density at radius 2 is 1.69 bits per heavy atom. The highest BCUT2D eigenvalue weighted by Gasteiger charge is 2.28. The molecule has 0 spiro atoms. The van der Waals surface area contributed by atoms with E-state index in [1.54, 1.807) is 18.2 Å². The predicted molar refractivity (Wildman–Crippen MR) is 146 cm³/mol. The fourth-order valence-electron chi connectivity index (χ4n) is 4.63. The minimum Gasteiger partial charge on any atom is -0.379 e. The summed E-state index contributed by atoms with van der Waals surface area (Å²) < 4.78 is 33.2. The van der Waals surface area contributed by atoms with E-state index < -0.39 is 10.1 Å². The van der Waals surface area contributed by atoms with Gasteiger partial charge in [-0.1, -0.05) is 44.5 Å². The number of imidazole rings is 1.